The van der Waals surface area contributed by atoms with Crippen LogP contribution < -0.4 is 34.4 Å². The Kier molecular flexibility index (Phi) is 5.09. The van der Waals surface area contributed by atoms with E-state index < -0.39 is 0 Å². The maximum absolute atomic E-state index is 6.31. The summed E-state index contributed by atoms with van der Waals surface area (Å²) in [6.07, 6.45) is 3.87. The molecule has 4 rings (SSSR count). The Morgan fingerprint density at radius 3 is 1.39 bits per heavy atom. The summed E-state index contributed by atoms with van der Waals surface area (Å²) in [5, 5.41) is 0. The zero-order valence-electron chi connectivity index (χ0n) is 17.5. The second-order valence-corrected chi connectivity index (χ2v) is 8.21. The molecular formula is C25H28N6. The lowest BCUT2D eigenvalue weighted by Crippen LogP contribution is -2.30. The van der Waals surface area contributed by atoms with Crippen molar-refractivity contribution in [2.75, 3.05) is 22.9 Å². The lowest BCUT2D eigenvalue weighted by molar-refractivity contribution is 0.637. The monoisotopic (exact) mass is 412 g/mol. The van der Waals surface area contributed by atoms with Crippen molar-refractivity contribution in [2.24, 2.45) is 17.4 Å². The Morgan fingerprint density at radius 1 is 0.548 bits per heavy atom. The number of hydrogen-bond acceptors (Lipinski definition) is 6. The minimum Gasteiger partial charge on any atom is -0.399 e. The molecule has 2 atom stereocenters. The van der Waals surface area contributed by atoms with Gasteiger partial charge in [0.15, 0.2) is 0 Å². The van der Waals surface area contributed by atoms with Crippen LogP contribution in [0.15, 0.2) is 72.4 Å². The minimum atomic E-state index is -0.155. The van der Waals surface area contributed by atoms with Gasteiger partial charge in [-0.25, -0.2) is 0 Å². The van der Waals surface area contributed by atoms with Gasteiger partial charge in [0.25, 0.3) is 0 Å². The zero-order valence-corrected chi connectivity index (χ0v) is 17.5. The summed E-state index contributed by atoms with van der Waals surface area (Å²) in [5.41, 5.74) is 45.7. The van der Waals surface area contributed by atoms with Crippen LogP contribution in [0.4, 0.5) is 22.7 Å². The molecule has 6 nitrogen and oxygen atoms in total. The third kappa shape index (κ3) is 4.20. The van der Waals surface area contributed by atoms with Gasteiger partial charge in [0, 0.05) is 40.4 Å². The maximum atomic E-state index is 6.31. The average molecular weight is 413 g/mol. The number of nitrogen functional groups attached to an aromatic ring is 4. The van der Waals surface area contributed by atoms with Crippen LogP contribution in [0.1, 0.15) is 12.5 Å². The average Bonchev–Trinajstić information content (AvgIpc) is 2.69. The molecule has 12 N–H and O–H groups in total. The number of nitrogens with two attached hydrogens (primary N) is 6. The van der Waals surface area contributed by atoms with Crippen LogP contribution in [-0.4, -0.2) is 6.04 Å². The molecule has 3 aromatic carbocycles. The van der Waals surface area contributed by atoms with Gasteiger partial charge in [-0.2, -0.15) is 0 Å². The van der Waals surface area contributed by atoms with Gasteiger partial charge in [-0.3, -0.25) is 0 Å². The van der Waals surface area contributed by atoms with Gasteiger partial charge in [-0.1, -0.05) is 6.92 Å². The molecule has 0 saturated carbocycles. The number of allylic oxidation sites excluding steroid dienone is 1. The lowest BCUT2D eigenvalue weighted by atomic mass is 9.82. The van der Waals surface area contributed by atoms with Gasteiger partial charge in [-0.15, -0.1) is 0 Å². The van der Waals surface area contributed by atoms with Gasteiger partial charge >= 0.3 is 0 Å². The molecular weight excluding hydrogens is 384 g/mol. The van der Waals surface area contributed by atoms with Gasteiger partial charge in [0.05, 0.1) is 0 Å². The predicted molar refractivity (Wildman–Crippen MR) is 132 cm³/mol. The molecule has 6 heteroatoms. The first kappa shape index (κ1) is 20.4. The predicted octanol–water partition coefficient (Wildman–Crippen LogP) is 3.55. The highest BCUT2D eigenvalue weighted by Crippen LogP contribution is 2.37. The first-order valence-electron chi connectivity index (χ1n) is 10.1. The molecule has 0 aromatic heterocycles. The highest BCUT2D eigenvalue weighted by Gasteiger charge is 2.22. The van der Waals surface area contributed by atoms with Crippen LogP contribution in [-0.2, 0) is 0 Å². The molecule has 0 bridgehead atoms. The number of rotatable bonds is 3. The second kappa shape index (κ2) is 7.74. The largest absolute Gasteiger partial charge is 0.399 e. The SMILES string of the molecule is CC1C(c2cc(-c3cc(N)cc(N)c3)cc(-c3cc(N)cc(N)c3)c2)=CC(N)=CC1N. The van der Waals surface area contributed by atoms with E-state index in [0.717, 1.165) is 33.4 Å². The minimum absolute atomic E-state index is 0.104. The fourth-order valence-corrected chi connectivity index (χ4v) is 4.09. The van der Waals surface area contributed by atoms with Gasteiger partial charge in [0.2, 0.25) is 0 Å². The molecule has 1 aliphatic carbocycles. The van der Waals surface area contributed by atoms with Gasteiger partial charge < -0.3 is 34.4 Å². The Labute approximate surface area is 182 Å². The van der Waals surface area contributed by atoms with Crippen molar-refractivity contribution >= 4 is 28.3 Å². The van der Waals surface area contributed by atoms with Crippen molar-refractivity contribution in [1.29, 1.82) is 0 Å². The van der Waals surface area contributed by atoms with Crippen molar-refractivity contribution in [2.45, 2.75) is 13.0 Å². The van der Waals surface area contributed by atoms with Crippen molar-refractivity contribution in [1.82, 2.24) is 0 Å². The van der Waals surface area contributed by atoms with E-state index in [0.29, 0.717) is 28.4 Å². The normalized spacial score (nSPS) is 18.4. The summed E-state index contributed by atoms with van der Waals surface area (Å²) < 4.78 is 0. The molecule has 158 valence electrons. The molecule has 2 unspecified atom stereocenters. The fraction of sp³-hybridized carbons (Fsp3) is 0.120. The maximum Gasteiger partial charge on any atom is 0.0340 e. The lowest BCUT2D eigenvalue weighted by Gasteiger charge is -2.26. The van der Waals surface area contributed by atoms with E-state index in [4.69, 9.17) is 34.4 Å². The summed E-state index contributed by atoms with van der Waals surface area (Å²) in [6, 6.07) is 17.3. The van der Waals surface area contributed by atoms with Gasteiger partial charge in [-0.05, 0) is 100 Å². The van der Waals surface area contributed by atoms with Crippen molar-refractivity contribution in [3.63, 3.8) is 0 Å². The Morgan fingerprint density at radius 2 is 0.935 bits per heavy atom. The Hall–Kier alpha value is -3.90. The smallest absolute Gasteiger partial charge is 0.0340 e. The van der Waals surface area contributed by atoms with E-state index in [1.54, 1.807) is 12.1 Å². The Bertz CT molecular complexity index is 1110. The van der Waals surface area contributed by atoms with Crippen LogP contribution in [0.2, 0.25) is 0 Å². The molecule has 1 aliphatic rings. The van der Waals surface area contributed by atoms with E-state index in [9.17, 15) is 0 Å². The molecule has 0 saturated heterocycles. The topological polar surface area (TPSA) is 156 Å². The number of anilines is 4. The summed E-state index contributed by atoms with van der Waals surface area (Å²) in [6.45, 7) is 2.10. The van der Waals surface area contributed by atoms with E-state index in [1.807, 2.05) is 36.4 Å². The highest BCUT2D eigenvalue weighted by atomic mass is 14.7. The third-order valence-electron chi connectivity index (χ3n) is 5.66. The zero-order chi connectivity index (χ0) is 22.3. The molecule has 0 spiro atoms. The molecule has 0 aliphatic heterocycles. The summed E-state index contributed by atoms with van der Waals surface area (Å²) in [7, 11) is 0. The number of benzene rings is 3. The van der Waals surface area contributed by atoms with Crippen molar-refractivity contribution in [3.05, 3.63) is 78.0 Å². The van der Waals surface area contributed by atoms with E-state index in [-0.39, 0.29) is 12.0 Å². The first-order valence-corrected chi connectivity index (χ1v) is 10.1. The van der Waals surface area contributed by atoms with Crippen LogP contribution in [0, 0.1) is 5.92 Å². The van der Waals surface area contributed by atoms with Crippen molar-refractivity contribution in [3.8, 4) is 22.3 Å². The number of hydrogen-bond donors (Lipinski definition) is 6. The van der Waals surface area contributed by atoms with Crippen LogP contribution in [0.5, 0.6) is 0 Å². The molecule has 31 heavy (non-hydrogen) atoms. The first-order chi connectivity index (χ1) is 14.7. The Balaban J connectivity index is 1.96. The molecule has 3 aromatic rings. The van der Waals surface area contributed by atoms with Crippen molar-refractivity contribution < 1.29 is 0 Å². The summed E-state index contributed by atoms with van der Waals surface area (Å²) in [5.74, 6) is 0.104. The van der Waals surface area contributed by atoms with Gasteiger partial charge in [0.1, 0.15) is 0 Å². The molecule has 0 heterocycles. The summed E-state index contributed by atoms with van der Waals surface area (Å²) >= 11 is 0. The van der Waals surface area contributed by atoms with E-state index >= 15 is 0 Å². The highest BCUT2D eigenvalue weighted by molar-refractivity contribution is 5.85. The molecule has 0 amide bonds. The second-order valence-electron chi connectivity index (χ2n) is 8.21. The third-order valence-corrected chi connectivity index (χ3v) is 5.66. The van der Waals surface area contributed by atoms with E-state index in [2.05, 4.69) is 25.1 Å². The molecule has 0 fully saturated rings. The van der Waals surface area contributed by atoms with Crippen LogP contribution in [0.25, 0.3) is 27.8 Å². The molecule has 0 radical (unpaired) electrons. The standard InChI is InChI=1S/C25H28N6/c1-13-24(11-23(30)12-25(13)31)18-3-14(16-5-19(26)9-20(27)6-16)2-15(4-18)17-7-21(28)10-22(29)8-17/h2-13,25H,26-31H2,1H3. The fourth-order valence-electron chi connectivity index (χ4n) is 4.09. The van der Waals surface area contributed by atoms with E-state index in [1.165, 1.54) is 0 Å². The van der Waals surface area contributed by atoms with Crippen LogP contribution in [0.3, 0.4) is 0 Å². The van der Waals surface area contributed by atoms with Crippen LogP contribution >= 0.6 is 0 Å². The summed E-state index contributed by atoms with van der Waals surface area (Å²) in [4.78, 5) is 0. The quantitative estimate of drug-likeness (QED) is 0.361.